The third-order valence-electron chi connectivity index (χ3n) is 1.77. The van der Waals surface area contributed by atoms with E-state index in [0.29, 0.717) is 18.1 Å². The molecule has 0 bridgehead atoms. The summed E-state index contributed by atoms with van der Waals surface area (Å²) in [5.74, 6) is 0. The van der Waals surface area contributed by atoms with Gasteiger partial charge in [-0.1, -0.05) is 0 Å². The van der Waals surface area contributed by atoms with Crippen molar-refractivity contribution >= 4 is 12.6 Å². The van der Waals surface area contributed by atoms with Gasteiger partial charge in [0.1, 0.15) is 5.69 Å². The van der Waals surface area contributed by atoms with Gasteiger partial charge in [0.25, 0.3) is 0 Å². The third kappa shape index (κ3) is 1.39. The monoisotopic (exact) mass is 163 g/mol. The van der Waals surface area contributed by atoms with Gasteiger partial charge in [0.15, 0.2) is 12.6 Å². The average molecular weight is 163 g/mol. The average Bonchev–Trinajstić information content (AvgIpc) is 2.09. The van der Waals surface area contributed by atoms with E-state index in [1.165, 1.54) is 0 Å². The number of pyridine rings is 1. The summed E-state index contributed by atoms with van der Waals surface area (Å²) in [7, 11) is 0. The van der Waals surface area contributed by atoms with Crippen LogP contribution >= 0.6 is 0 Å². The zero-order valence-electron chi connectivity index (χ0n) is 7.00. The van der Waals surface area contributed by atoms with Crippen molar-refractivity contribution in [2.24, 2.45) is 0 Å². The quantitative estimate of drug-likeness (QED) is 0.618. The number of aryl methyl sites for hydroxylation is 2. The molecule has 12 heavy (non-hydrogen) atoms. The van der Waals surface area contributed by atoms with Gasteiger partial charge in [-0.05, 0) is 25.5 Å². The smallest absolute Gasteiger partial charge is 0.169 e. The van der Waals surface area contributed by atoms with E-state index in [2.05, 4.69) is 4.98 Å². The molecule has 0 aliphatic carbocycles. The number of hydrogen-bond acceptors (Lipinski definition) is 3. The van der Waals surface area contributed by atoms with E-state index in [1.54, 1.807) is 13.0 Å². The molecule has 3 heteroatoms. The van der Waals surface area contributed by atoms with Gasteiger partial charge in [0, 0.05) is 11.3 Å². The number of nitrogens with zero attached hydrogens (tertiary/aromatic N) is 1. The van der Waals surface area contributed by atoms with E-state index in [1.807, 2.05) is 6.92 Å². The fourth-order valence-corrected chi connectivity index (χ4v) is 0.934. The molecular weight excluding hydrogens is 154 g/mol. The molecule has 0 N–H and O–H groups in total. The summed E-state index contributed by atoms with van der Waals surface area (Å²) in [5.41, 5.74) is 2.27. The predicted octanol–water partition coefficient (Wildman–Crippen LogP) is 1.32. The number of aldehydes is 2. The zero-order valence-corrected chi connectivity index (χ0v) is 7.00. The molecule has 0 saturated heterocycles. The van der Waals surface area contributed by atoms with Gasteiger partial charge in [0.05, 0.1) is 0 Å². The van der Waals surface area contributed by atoms with Crippen molar-refractivity contribution in [2.45, 2.75) is 13.8 Å². The van der Waals surface area contributed by atoms with Gasteiger partial charge in [-0.3, -0.25) is 9.59 Å². The van der Waals surface area contributed by atoms with Crippen molar-refractivity contribution in [3.05, 3.63) is 28.6 Å². The highest BCUT2D eigenvalue weighted by atomic mass is 16.1. The Bertz CT molecular complexity index is 299. The molecule has 0 aliphatic heterocycles. The number of rotatable bonds is 2. The summed E-state index contributed by atoms with van der Waals surface area (Å²) in [6.45, 7) is 3.65. The maximum Gasteiger partial charge on any atom is 0.169 e. The zero-order chi connectivity index (χ0) is 9.14. The molecule has 0 atom stereocenters. The van der Waals surface area contributed by atoms with E-state index in [0.717, 1.165) is 11.3 Å². The molecule has 0 radical (unpaired) electrons. The summed E-state index contributed by atoms with van der Waals surface area (Å²) in [5, 5.41) is 0. The maximum absolute atomic E-state index is 10.5. The molecule has 0 saturated carbocycles. The summed E-state index contributed by atoms with van der Waals surface area (Å²) in [6, 6.07) is 1.67. The Morgan fingerprint density at radius 1 is 1.25 bits per heavy atom. The van der Waals surface area contributed by atoms with Gasteiger partial charge >= 0.3 is 0 Å². The van der Waals surface area contributed by atoms with E-state index in [-0.39, 0.29) is 5.69 Å². The first-order valence-electron chi connectivity index (χ1n) is 3.57. The highest BCUT2D eigenvalue weighted by Crippen LogP contribution is 2.08. The molecule has 1 aromatic heterocycles. The van der Waals surface area contributed by atoms with Crippen LogP contribution in [0.2, 0.25) is 0 Å². The Morgan fingerprint density at radius 2 is 1.92 bits per heavy atom. The van der Waals surface area contributed by atoms with E-state index >= 15 is 0 Å². The van der Waals surface area contributed by atoms with Crippen LogP contribution in [-0.4, -0.2) is 17.6 Å². The molecule has 3 nitrogen and oxygen atoms in total. The number of carbonyl (C=O) groups excluding carboxylic acids is 2. The minimum atomic E-state index is 0.216. The highest BCUT2D eigenvalue weighted by Gasteiger charge is 2.04. The van der Waals surface area contributed by atoms with Crippen molar-refractivity contribution in [1.82, 2.24) is 4.98 Å². The molecule has 0 aliphatic rings. The lowest BCUT2D eigenvalue weighted by Gasteiger charge is -2.01. The molecule has 0 unspecified atom stereocenters. The summed E-state index contributed by atoms with van der Waals surface area (Å²) in [6.07, 6.45) is 1.24. The Labute approximate surface area is 70.4 Å². The van der Waals surface area contributed by atoms with Crippen LogP contribution in [0.1, 0.15) is 32.1 Å². The summed E-state index contributed by atoms with van der Waals surface area (Å²) in [4.78, 5) is 24.8. The SMILES string of the molecule is Cc1cc(C=O)c(C=O)nc1C. The Morgan fingerprint density at radius 3 is 2.42 bits per heavy atom. The van der Waals surface area contributed by atoms with Crippen molar-refractivity contribution < 1.29 is 9.59 Å². The number of hydrogen-bond donors (Lipinski definition) is 0. The lowest BCUT2D eigenvalue weighted by Crippen LogP contribution is -1.99. The number of aromatic nitrogens is 1. The van der Waals surface area contributed by atoms with Gasteiger partial charge in [0.2, 0.25) is 0 Å². The van der Waals surface area contributed by atoms with Gasteiger partial charge < -0.3 is 0 Å². The van der Waals surface area contributed by atoms with Crippen molar-refractivity contribution in [3.8, 4) is 0 Å². The van der Waals surface area contributed by atoms with E-state index in [9.17, 15) is 9.59 Å². The van der Waals surface area contributed by atoms with Crippen molar-refractivity contribution in [3.63, 3.8) is 0 Å². The van der Waals surface area contributed by atoms with Crippen LogP contribution in [0, 0.1) is 13.8 Å². The lowest BCUT2D eigenvalue weighted by molar-refractivity contribution is 0.109. The lowest BCUT2D eigenvalue weighted by atomic mass is 10.1. The Kier molecular flexibility index (Phi) is 2.33. The van der Waals surface area contributed by atoms with E-state index in [4.69, 9.17) is 0 Å². The Hall–Kier alpha value is -1.51. The maximum atomic E-state index is 10.5. The second kappa shape index (κ2) is 3.26. The van der Waals surface area contributed by atoms with Crippen molar-refractivity contribution in [2.75, 3.05) is 0 Å². The molecule has 1 rings (SSSR count). The van der Waals surface area contributed by atoms with Crippen LogP contribution in [0.3, 0.4) is 0 Å². The second-order valence-electron chi connectivity index (χ2n) is 2.60. The third-order valence-corrected chi connectivity index (χ3v) is 1.77. The first kappa shape index (κ1) is 8.59. The van der Waals surface area contributed by atoms with Crippen LogP contribution in [0.25, 0.3) is 0 Å². The molecule has 62 valence electrons. The van der Waals surface area contributed by atoms with E-state index < -0.39 is 0 Å². The molecule has 0 aromatic carbocycles. The minimum Gasteiger partial charge on any atom is -0.298 e. The van der Waals surface area contributed by atoms with Crippen molar-refractivity contribution in [1.29, 1.82) is 0 Å². The molecule has 1 aromatic rings. The van der Waals surface area contributed by atoms with Crippen LogP contribution in [0.15, 0.2) is 6.07 Å². The second-order valence-corrected chi connectivity index (χ2v) is 2.60. The first-order chi connectivity index (χ1) is 5.69. The van der Waals surface area contributed by atoms with Gasteiger partial charge in [-0.25, -0.2) is 4.98 Å². The number of carbonyl (C=O) groups is 2. The van der Waals surface area contributed by atoms with Gasteiger partial charge in [-0.15, -0.1) is 0 Å². The van der Waals surface area contributed by atoms with Crippen LogP contribution in [0.4, 0.5) is 0 Å². The molecule has 0 fully saturated rings. The fourth-order valence-electron chi connectivity index (χ4n) is 0.934. The fraction of sp³-hybridized carbons (Fsp3) is 0.222. The van der Waals surface area contributed by atoms with Gasteiger partial charge in [-0.2, -0.15) is 0 Å². The van der Waals surface area contributed by atoms with Crippen LogP contribution in [0.5, 0.6) is 0 Å². The van der Waals surface area contributed by atoms with Crippen LogP contribution in [-0.2, 0) is 0 Å². The molecule has 1 heterocycles. The largest absolute Gasteiger partial charge is 0.298 e. The topological polar surface area (TPSA) is 47.0 Å². The summed E-state index contributed by atoms with van der Waals surface area (Å²) < 4.78 is 0. The first-order valence-corrected chi connectivity index (χ1v) is 3.57. The molecule has 0 spiro atoms. The minimum absolute atomic E-state index is 0.216. The summed E-state index contributed by atoms with van der Waals surface area (Å²) >= 11 is 0. The molecule has 0 amide bonds. The highest BCUT2D eigenvalue weighted by molar-refractivity contribution is 5.88. The van der Waals surface area contributed by atoms with Crippen LogP contribution < -0.4 is 0 Å². The molecular formula is C9H9NO2. The predicted molar refractivity (Wildman–Crippen MR) is 44.5 cm³/mol. The normalized spacial score (nSPS) is 9.50. The Balaban J connectivity index is 3.37. The standard InChI is InChI=1S/C9H9NO2/c1-6-3-8(4-11)9(5-12)10-7(6)2/h3-5H,1-2H3.